The van der Waals surface area contributed by atoms with Crippen LogP contribution in [0.15, 0.2) is 64.8 Å². The number of amides is 2. The average Bonchev–Trinajstić information content (AvgIpc) is 3.25. The van der Waals surface area contributed by atoms with Crippen molar-refractivity contribution in [3.05, 3.63) is 71.1 Å². The summed E-state index contributed by atoms with van der Waals surface area (Å²) in [5.74, 6) is -0.664. The second-order valence-corrected chi connectivity index (χ2v) is 9.30. The number of imide groups is 1. The summed E-state index contributed by atoms with van der Waals surface area (Å²) in [4.78, 5) is 28.2. The maximum atomic E-state index is 13.4. The van der Waals surface area contributed by atoms with Crippen molar-refractivity contribution in [1.29, 1.82) is 0 Å². The van der Waals surface area contributed by atoms with Gasteiger partial charge in [0.25, 0.3) is 5.91 Å². The molecule has 1 N–H and O–H groups in total. The maximum Gasteiger partial charge on any atom is 0.259 e. The zero-order valence-electron chi connectivity index (χ0n) is 18.1. The fourth-order valence-electron chi connectivity index (χ4n) is 4.80. The van der Waals surface area contributed by atoms with E-state index in [0.29, 0.717) is 5.57 Å². The highest BCUT2D eigenvalue weighted by molar-refractivity contribution is 7.98. The average molecular weight is 432 g/mol. The molecule has 2 aromatic carbocycles. The Hall–Kier alpha value is -2.99. The third-order valence-electron chi connectivity index (χ3n) is 6.28. The van der Waals surface area contributed by atoms with E-state index in [1.807, 2.05) is 6.07 Å². The predicted molar refractivity (Wildman–Crippen MR) is 125 cm³/mol. The predicted octanol–water partition coefficient (Wildman–Crippen LogP) is 5.14. The van der Waals surface area contributed by atoms with Gasteiger partial charge in [-0.15, -0.1) is 11.8 Å². The minimum Gasteiger partial charge on any atom is -0.356 e. The summed E-state index contributed by atoms with van der Waals surface area (Å²) in [6.45, 7) is 6.07. The minimum absolute atomic E-state index is 0.202. The SMILES string of the molecule is CSc1ccc([C@@H]2C3=C(CN(C(C)=O)C3=O)Nc3cccc4c3c2cn4C(C)C)cc1. The lowest BCUT2D eigenvalue weighted by molar-refractivity contribution is -0.139. The molecule has 0 aliphatic carbocycles. The first kappa shape index (κ1) is 19.9. The molecule has 0 bridgehead atoms. The number of hydrogen-bond acceptors (Lipinski definition) is 4. The Morgan fingerprint density at radius 2 is 1.90 bits per heavy atom. The van der Waals surface area contributed by atoms with Gasteiger partial charge in [0.15, 0.2) is 0 Å². The molecule has 0 fully saturated rings. The van der Waals surface area contributed by atoms with Crippen molar-refractivity contribution in [3.63, 3.8) is 0 Å². The lowest BCUT2D eigenvalue weighted by atomic mass is 9.84. The molecule has 3 heterocycles. The van der Waals surface area contributed by atoms with Crippen molar-refractivity contribution in [2.24, 2.45) is 0 Å². The van der Waals surface area contributed by atoms with Gasteiger partial charge in [-0.3, -0.25) is 14.5 Å². The topological polar surface area (TPSA) is 54.3 Å². The molecule has 1 aromatic heterocycles. The molecule has 0 saturated heterocycles. The number of anilines is 1. The Labute approximate surface area is 186 Å². The Morgan fingerprint density at radius 1 is 1.16 bits per heavy atom. The van der Waals surface area contributed by atoms with Crippen molar-refractivity contribution in [2.45, 2.75) is 37.6 Å². The molecule has 2 aliphatic heterocycles. The number of aromatic nitrogens is 1. The number of carbonyl (C=O) groups is 2. The summed E-state index contributed by atoms with van der Waals surface area (Å²) >= 11 is 1.70. The molecule has 0 radical (unpaired) electrons. The fraction of sp³-hybridized carbons (Fsp3) is 0.280. The first-order valence-corrected chi connectivity index (χ1v) is 11.7. The van der Waals surface area contributed by atoms with E-state index in [1.165, 1.54) is 16.7 Å². The molecule has 2 aliphatic rings. The lowest BCUT2D eigenvalue weighted by Gasteiger charge is -2.19. The van der Waals surface area contributed by atoms with E-state index in [0.717, 1.165) is 33.4 Å². The lowest BCUT2D eigenvalue weighted by Crippen LogP contribution is -2.33. The molecule has 158 valence electrons. The van der Waals surface area contributed by atoms with Crippen LogP contribution in [0.3, 0.4) is 0 Å². The molecule has 3 aromatic rings. The molecule has 0 spiro atoms. The molecule has 0 saturated carbocycles. The largest absolute Gasteiger partial charge is 0.356 e. The second-order valence-electron chi connectivity index (χ2n) is 8.42. The highest BCUT2D eigenvalue weighted by Crippen LogP contribution is 2.47. The van der Waals surface area contributed by atoms with E-state index in [2.05, 4.69) is 72.6 Å². The van der Waals surface area contributed by atoms with Crippen LogP contribution in [-0.2, 0) is 9.59 Å². The van der Waals surface area contributed by atoms with Crippen molar-refractivity contribution in [3.8, 4) is 0 Å². The molecule has 31 heavy (non-hydrogen) atoms. The van der Waals surface area contributed by atoms with Crippen LogP contribution >= 0.6 is 11.8 Å². The van der Waals surface area contributed by atoms with Crippen LogP contribution in [0.2, 0.25) is 0 Å². The van der Waals surface area contributed by atoms with Gasteiger partial charge in [0.1, 0.15) is 0 Å². The molecule has 0 unspecified atom stereocenters. The van der Waals surface area contributed by atoms with Gasteiger partial charge in [-0.25, -0.2) is 0 Å². The zero-order chi connectivity index (χ0) is 21.9. The third-order valence-corrected chi connectivity index (χ3v) is 7.02. The third kappa shape index (κ3) is 3.00. The van der Waals surface area contributed by atoms with Crippen LogP contribution in [0.4, 0.5) is 5.69 Å². The summed E-state index contributed by atoms with van der Waals surface area (Å²) in [5.41, 5.74) is 5.79. The Bertz CT molecular complexity index is 1250. The molecule has 2 amide bonds. The van der Waals surface area contributed by atoms with Gasteiger partial charge in [0, 0.05) is 46.7 Å². The van der Waals surface area contributed by atoms with Gasteiger partial charge in [-0.05, 0) is 55.5 Å². The second kappa shape index (κ2) is 7.31. The number of carbonyl (C=O) groups excluding carboxylic acids is 2. The highest BCUT2D eigenvalue weighted by atomic mass is 32.2. The van der Waals surface area contributed by atoms with E-state index in [-0.39, 0.29) is 30.3 Å². The fourth-order valence-corrected chi connectivity index (χ4v) is 5.21. The number of thioether (sulfide) groups is 1. The molecule has 5 rings (SSSR count). The molecule has 6 heteroatoms. The Morgan fingerprint density at radius 3 is 2.55 bits per heavy atom. The van der Waals surface area contributed by atoms with E-state index < -0.39 is 0 Å². The van der Waals surface area contributed by atoms with Crippen LogP contribution in [0, 0.1) is 0 Å². The number of hydrogen-bond donors (Lipinski definition) is 1. The van der Waals surface area contributed by atoms with Crippen molar-refractivity contribution in [1.82, 2.24) is 9.47 Å². The number of nitrogens with zero attached hydrogens (tertiary/aromatic N) is 2. The van der Waals surface area contributed by atoms with Gasteiger partial charge < -0.3 is 9.88 Å². The maximum absolute atomic E-state index is 13.4. The van der Waals surface area contributed by atoms with Gasteiger partial charge in [-0.1, -0.05) is 18.2 Å². The van der Waals surface area contributed by atoms with Gasteiger partial charge >= 0.3 is 0 Å². The van der Waals surface area contributed by atoms with Crippen molar-refractivity contribution in [2.75, 3.05) is 18.1 Å². The smallest absolute Gasteiger partial charge is 0.259 e. The Balaban J connectivity index is 1.80. The standard InChI is InChI=1S/C25H25N3O2S/c1-14(2)27-12-18-22(16-8-10-17(31-4)11-9-16)24-20(13-28(15(3)29)25(24)30)26-19-6-5-7-21(27)23(18)19/h5-12,14,22,26H,13H2,1-4H3/t22-/m0/s1. The van der Waals surface area contributed by atoms with Crippen molar-refractivity contribution >= 4 is 40.2 Å². The van der Waals surface area contributed by atoms with Crippen LogP contribution < -0.4 is 5.32 Å². The van der Waals surface area contributed by atoms with Gasteiger partial charge in [-0.2, -0.15) is 0 Å². The van der Waals surface area contributed by atoms with E-state index in [1.54, 1.807) is 11.8 Å². The summed E-state index contributed by atoms with van der Waals surface area (Å²) in [5, 5.41) is 4.67. The van der Waals surface area contributed by atoms with E-state index in [4.69, 9.17) is 0 Å². The van der Waals surface area contributed by atoms with Gasteiger partial charge in [0.2, 0.25) is 5.91 Å². The van der Waals surface area contributed by atoms with E-state index in [9.17, 15) is 9.59 Å². The molecule has 5 nitrogen and oxygen atoms in total. The first-order chi connectivity index (χ1) is 14.9. The number of nitrogens with one attached hydrogen (secondary N) is 1. The molecule has 1 atom stereocenters. The summed E-state index contributed by atoms with van der Waals surface area (Å²) in [6.07, 6.45) is 4.24. The molecular formula is C25H25N3O2S. The quantitative estimate of drug-likeness (QED) is 0.583. The van der Waals surface area contributed by atoms with E-state index >= 15 is 0 Å². The van der Waals surface area contributed by atoms with Gasteiger partial charge in [0.05, 0.1) is 17.6 Å². The van der Waals surface area contributed by atoms with Crippen LogP contribution in [-0.4, -0.2) is 34.1 Å². The number of rotatable bonds is 3. The first-order valence-electron chi connectivity index (χ1n) is 10.5. The monoisotopic (exact) mass is 431 g/mol. The summed E-state index contributed by atoms with van der Waals surface area (Å²) in [7, 11) is 0. The van der Waals surface area contributed by atoms with Crippen LogP contribution in [0.25, 0.3) is 10.9 Å². The highest BCUT2D eigenvalue weighted by Gasteiger charge is 2.41. The number of benzene rings is 2. The Kier molecular flexibility index (Phi) is 4.70. The van der Waals surface area contributed by atoms with Crippen LogP contribution in [0.5, 0.6) is 0 Å². The van der Waals surface area contributed by atoms with Crippen molar-refractivity contribution < 1.29 is 9.59 Å². The minimum atomic E-state index is -0.235. The molecular weight excluding hydrogens is 406 g/mol. The summed E-state index contributed by atoms with van der Waals surface area (Å²) < 4.78 is 2.27. The zero-order valence-corrected chi connectivity index (χ0v) is 18.9. The normalized spacial score (nSPS) is 17.9. The summed E-state index contributed by atoms with van der Waals surface area (Å²) in [6, 6.07) is 14.9. The van der Waals surface area contributed by atoms with Crippen LogP contribution in [0.1, 0.15) is 43.9 Å².